The molecule has 2 bridgehead atoms. The normalized spacial score (nSPS) is 30.5. The Hall–Kier alpha value is -2.82. The smallest absolute Gasteiger partial charge is 0.230 e. The number of allylic oxidation sites excluding steroid dienone is 1. The Kier molecular flexibility index (Phi) is 6.76. The summed E-state index contributed by atoms with van der Waals surface area (Å²) in [5.74, 6) is 4.37. The average Bonchev–Trinajstić information content (AvgIpc) is 3.45. The lowest BCUT2D eigenvalue weighted by atomic mass is 9.76. The standard InChI is InChI=1S/C28H37FN6O3S/c1-5-34-15-30-26(17(3)27(34)31-24-9-8-22(14-23(24)29)39(4,36)37)35-20-6-7-21(35)13-19(12-20)28-32-25(33-38-28)18-10-16(2)11-18/h8,14-16,18-21,24H,5-7,9-13H2,1-4H3/p+1. The summed E-state index contributed by atoms with van der Waals surface area (Å²) in [7, 11) is -3.45. The molecule has 3 unspecified atom stereocenters. The first-order valence-corrected chi connectivity index (χ1v) is 16.1. The Bertz CT molecular complexity index is 1420. The van der Waals surface area contributed by atoms with Crippen LogP contribution in [-0.4, -0.2) is 47.9 Å². The molecule has 1 saturated carbocycles. The molecule has 11 heteroatoms. The maximum Gasteiger partial charge on any atom is 0.230 e. The number of halogens is 1. The molecule has 210 valence electrons. The van der Waals surface area contributed by atoms with E-state index in [4.69, 9.17) is 14.5 Å². The molecule has 2 aromatic heterocycles. The van der Waals surface area contributed by atoms with Crippen molar-refractivity contribution in [1.82, 2.24) is 15.1 Å². The van der Waals surface area contributed by atoms with Crippen molar-refractivity contribution in [2.75, 3.05) is 16.5 Å². The Labute approximate surface area is 229 Å². The van der Waals surface area contributed by atoms with Crippen molar-refractivity contribution in [3.63, 3.8) is 0 Å². The van der Waals surface area contributed by atoms with Crippen LogP contribution in [-0.2, 0) is 16.4 Å². The van der Waals surface area contributed by atoms with Crippen molar-refractivity contribution in [1.29, 1.82) is 0 Å². The Morgan fingerprint density at radius 2 is 1.90 bits per heavy atom. The molecule has 2 saturated heterocycles. The lowest BCUT2D eigenvalue weighted by molar-refractivity contribution is -0.682. The van der Waals surface area contributed by atoms with E-state index in [0.717, 1.165) is 85.7 Å². The zero-order chi connectivity index (χ0) is 27.5. The average molecular weight is 558 g/mol. The van der Waals surface area contributed by atoms with Gasteiger partial charge in [-0.2, -0.15) is 4.98 Å². The highest BCUT2D eigenvalue weighted by Crippen LogP contribution is 2.46. The fraction of sp³-hybridized carbons (Fsp3) is 0.643. The van der Waals surface area contributed by atoms with E-state index in [1.165, 1.54) is 0 Å². The van der Waals surface area contributed by atoms with Gasteiger partial charge >= 0.3 is 0 Å². The predicted molar refractivity (Wildman–Crippen MR) is 146 cm³/mol. The second-order valence-electron chi connectivity index (χ2n) is 11.9. The molecule has 0 radical (unpaired) electrons. The van der Waals surface area contributed by atoms with Gasteiger partial charge in [0.2, 0.25) is 23.9 Å². The minimum atomic E-state index is -3.45. The fourth-order valence-electron chi connectivity index (χ4n) is 6.90. The summed E-state index contributed by atoms with van der Waals surface area (Å²) in [6.45, 7) is 7.00. The Morgan fingerprint density at radius 1 is 1.18 bits per heavy atom. The monoisotopic (exact) mass is 557 g/mol. The zero-order valence-electron chi connectivity index (χ0n) is 23.1. The number of sulfone groups is 1. The summed E-state index contributed by atoms with van der Waals surface area (Å²) in [6, 6.07) is 0.0296. The van der Waals surface area contributed by atoms with Gasteiger partial charge in [0.25, 0.3) is 0 Å². The number of hydrogen-bond acceptors (Lipinski definition) is 8. The van der Waals surface area contributed by atoms with E-state index >= 15 is 4.39 Å². The largest absolute Gasteiger partial charge is 0.339 e. The van der Waals surface area contributed by atoms with E-state index in [1.54, 1.807) is 6.08 Å². The summed E-state index contributed by atoms with van der Waals surface area (Å²) in [4.78, 5) is 12.2. The Balaban J connectivity index is 1.21. The summed E-state index contributed by atoms with van der Waals surface area (Å²) in [5, 5.41) is 7.69. The van der Waals surface area contributed by atoms with E-state index in [-0.39, 0.29) is 17.2 Å². The van der Waals surface area contributed by atoms with Crippen molar-refractivity contribution in [3.05, 3.63) is 46.5 Å². The number of anilines is 2. The third-order valence-electron chi connectivity index (χ3n) is 9.07. The van der Waals surface area contributed by atoms with Crippen LogP contribution < -0.4 is 14.8 Å². The second kappa shape index (κ2) is 9.98. The van der Waals surface area contributed by atoms with Crippen LogP contribution in [0.3, 0.4) is 0 Å². The van der Waals surface area contributed by atoms with Gasteiger partial charge in [0.1, 0.15) is 11.9 Å². The third-order valence-corrected chi connectivity index (χ3v) is 10.2. The molecular weight excluding hydrogens is 519 g/mol. The van der Waals surface area contributed by atoms with Crippen LogP contribution in [0.15, 0.2) is 33.7 Å². The number of fused-ring (bicyclic) bond motifs is 2. The number of rotatable bonds is 7. The van der Waals surface area contributed by atoms with Crippen LogP contribution in [0, 0.1) is 12.8 Å². The van der Waals surface area contributed by atoms with Gasteiger partial charge in [-0.3, -0.25) is 5.32 Å². The number of piperidine rings is 1. The molecule has 4 heterocycles. The topological polar surface area (TPSA) is 105 Å². The highest BCUT2D eigenvalue weighted by atomic mass is 32.2. The van der Waals surface area contributed by atoms with Crippen molar-refractivity contribution >= 4 is 21.5 Å². The fourth-order valence-corrected chi connectivity index (χ4v) is 7.63. The van der Waals surface area contributed by atoms with Gasteiger partial charge in [-0.15, -0.1) is 0 Å². The van der Waals surface area contributed by atoms with Gasteiger partial charge in [0.05, 0.1) is 17.0 Å². The zero-order valence-corrected chi connectivity index (χ0v) is 23.9. The van der Waals surface area contributed by atoms with Crippen LogP contribution in [0.1, 0.15) is 87.9 Å². The SMILES string of the molecule is CC[n+]1cnc(N2C3CCC2CC(c2nc(C4CC(C)C4)no2)C3)c(C)c1NC1CC=C(S(C)(=O)=O)C=C1F. The van der Waals surface area contributed by atoms with Gasteiger partial charge < -0.3 is 9.42 Å². The van der Waals surface area contributed by atoms with Crippen LogP contribution in [0.2, 0.25) is 0 Å². The second-order valence-corrected chi connectivity index (χ2v) is 13.9. The molecule has 0 amide bonds. The summed E-state index contributed by atoms with van der Waals surface area (Å²) in [6.07, 6.45) is 12.3. The molecule has 0 spiro atoms. The minimum absolute atomic E-state index is 0.0311. The Morgan fingerprint density at radius 3 is 2.51 bits per heavy atom. The quantitative estimate of drug-likeness (QED) is 0.497. The van der Waals surface area contributed by atoms with Crippen LogP contribution in [0.25, 0.3) is 0 Å². The molecule has 9 nitrogen and oxygen atoms in total. The molecule has 2 aromatic rings. The van der Waals surface area contributed by atoms with E-state index in [0.29, 0.717) is 24.5 Å². The van der Waals surface area contributed by atoms with Gasteiger partial charge in [0, 0.05) is 36.6 Å². The minimum Gasteiger partial charge on any atom is -0.339 e. The maximum absolute atomic E-state index is 15.0. The third kappa shape index (κ3) is 4.87. The maximum atomic E-state index is 15.0. The molecule has 6 rings (SSSR count). The van der Waals surface area contributed by atoms with Crippen molar-refractivity contribution in [2.24, 2.45) is 5.92 Å². The van der Waals surface area contributed by atoms with E-state index < -0.39 is 21.7 Å². The lowest BCUT2D eigenvalue weighted by Crippen LogP contribution is -2.46. The molecule has 3 atom stereocenters. The first kappa shape index (κ1) is 26.4. The van der Waals surface area contributed by atoms with Crippen LogP contribution in [0.5, 0.6) is 0 Å². The van der Waals surface area contributed by atoms with Crippen LogP contribution in [0.4, 0.5) is 16.0 Å². The van der Waals surface area contributed by atoms with Crippen molar-refractivity contribution in [3.8, 4) is 0 Å². The molecule has 4 aliphatic rings. The number of nitrogens with zero attached hydrogens (tertiary/aromatic N) is 5. The summed E-state index contributed by atoms with van der Waals surface area (Å²) in [5.41, 5.74) is 0.972. The molecule has 3 fully saturated rings. The van der Waals surface area contributed by atoms with E-state index in [9.17, 15) is 8.42 Å². The van der Waals surface area contributed by atoms with E-state index in [2.05, 4.69) is 22.3 Å². The predicted octanol–water partition coefficient (Wildman–Crippen LogP) is 4.48. The van der Waals surface area contributed by atoms with Gasteiger partial charge in [-0.1, -0.05) is 23.1 Å². The number of nitrogens with one attached hydrogen (secondary N) is 1. The molecule has 39 heavy (non-hydrogen) atoms. The number of aromatic nitrogens is 4. The lowest BCUT2D eigenvalue weighted by Gasteiger charge is -2.38. The van der Waals surface area contributed by atoms with Gasteiger partial charge in [0.15, 0.2) is 15.7 Å². The summed E-state index contributed by atoms with van der Waals surface area (Å²) < 4.78 is 46.5. The molecule has 1 N–H and O–H groups in total. The van der Waals surface area contributed by atoms with Crippen LogP contribution >= 0.6 is 0 Å². The van der Waals surface area contributed by atoms with Gasteiger partial charge in [-0.25, -0.2) is 17.4 Å². The van der Waals surface area contributed by atoms with Gasteiger partial charge in [-0.05, 0) is 64.4 Å². The van der Waals surface area contributed by atoms with Crippen molar-refractivity contribution in [2.45, 2.75) is 102 Å². The first-order valence-electron chi connectivity index (χ1n) is 14.2. The number of hydrogen-bond donors (Lipinski definition) is 1. The molecule has 0 aromatic carbocycles. The molecular formula is C28H38FN6O3S+. The molecule has 2 aliphatic carbocycles. The van der Waals surface area contributed by atoms with Crippen molar-refractivity contribution < 1.29 is 21.9 Å². The first-order chi connectivity index (χ1) is 18.6. The van der Waals surface area contributed by atoms with E-state index in [1.807, 2.05) is 24.7 Å². The highest BCUT2D eigenvalue weighted by molar-refractivity contribution is 7.94. The molecule has 2 aliphatic heterocycles. The highest BCUT2D eigenvalue weighted by Gasteiger charge is 2.46. The summed E-state index contributed by atoms with van der Waals surface area (Å²) >= 11 is 0. The number of aryl methyl sites for hydroxylation is 1.